The Morgan fingerprint density at radius 2 is 2.29 bits per heavy atom. The van der Waals surface area contributed by atoms with Crippen LogP contribution in [0, 0.1) is 5.92 Å². The molecule has 2 N–H and O–H groups in total. The topological polar surface area (TPSA) is 63.0 Å². The van der Waals surface area contributed by atoms with Crippen molar-refractivity contribution in [2.75, 3.05) is 13.2 Å². The third kappa shape index (κ3) is 2.21. The van der Waals surface area contributed by atoms with Gasteiger partial charge in [0.05, 0.1) is 6.04 Å². The van der Waals surface area contributed by atoms with Crippen LogP contribution in [0.5, 0.6) is 0 Å². The summed E-state index contributed by atoms with van der Waals surface area (Å²) >= 11 is 0. The lowest BCUT2D eigenvalue weighted by atomic mass is 9.99. The number of nitrogens with zero attached hydrogens (tertiary/aromatic N) is 3. The van der Waals surface area contributed by atoms with Gasteiger partial charge in [0.2, 0.25) is 0 Å². The van der Waals surface area contributed by atoms with Gasteiger partial charge < -0.3 is 10.4 Å². The molecule has 1 saturated heterocycles. The molecule has 2 unspecified atom stereocenters. The van der Waals surface area contributed by atoms with Crippen LogP contribution in [0.15, 0.2) is 0 Å². The molecule has 1 fully saturated rings. The maximum Gasteiger partial charge on any atom is 0.167 e. The van der Waals surface area contributed by atoms with Crippen LogP contribution in [-0.4, -0.2) is 33.0 Å². The molecule has 0 saturated carbocycles. The van der Waals surface area contributed by atoms with Gasteiger partial charge in [-0.1, -0.05) is 6.42 Å². The van der Waals surface area contributed by atoms with Crippen molar-refractivity contribution in [3.8, 4) is 0 Å². The zero-order valence-corrected chi connectivity index (χ0v) is 10.1. The van der Waals surface area contributed by atoms with Crippen molar-refractivity contribution in [3.05, 3.63) is 11.6 Å². The molecule has 0 aliphatic carbocycles. The highest BCUT2D eigenvalue weighted by Gasteiger charge is 2.25. The predicted molar refractivity (Wildman–Crippen MR) is 63.5 cm³/mol. The number of nitrogens with one attached hydrogen (secondary N) is 1. The molecule has 1 aromatic heterocycles. The number of fused-ring (bicyclic) bond motifs is 1. The van der Waals surface area contributed by atoms with Gasteiger partial charge in [0, 0.05) is 19.6 Å². The number of aromatic nitrogens is 3. The first kappa shape index (κ1) is 11.2. The normalized spacial score (nSPS) is 29.0. The Balaban J connectivity index is 1.77. The molecule has 2 atom stereocenters. The van der Waals surface area contributed by atoms with Gasteiger partial charge >= 0.3 is 0 Å². The molecule has 5 nitrogen and oxygen atoms in total. The number of hydrogen-bond donors (Lipinski definition) is 2. The van der Waals surface area contributed by atoms with Crippen LogP contribution in [0.4, 0.5) is 0 Å². The molecule has 5 heteroatoms. The van der Waals surface area contributed by atoms with Crippen molar-refractivity contribution >= 4 is 0 Å². The Labute approximate surface area is 101 Å². The smallest absolute Gasteiger partial charge is 0.167 e. The quantitative estimate of drug-likeness (QED) is 0.791. The van der Waals surface area contributed by atoms with Crippen molar-refractivity contribution in [1.29, 1.82) is 0 Å². The molecule has 0 spiro atoms. The van der Waals surface area contributed by atoms with E-state index in [0.717, 1.165) is 44.0 Å². The van der Waals surface area contributed by atoms with Crippen LogP contribution < -0.4 is 5.32 Å². The molecule has 1 aromatic rings. The van der Waals surface area contributed by atoms with Gasteiger partial charge in [-0.3, -0.25) is 0 Å². The summed E-state index contributed by atoms with van der Waals surface area (Å²) in [6.07, 6.45) is 5.56. The minimum Gasteiger partial charge on any atom is -0.396 e. The number of aryl methyl sites for hydroxylation is 1. The lowest BCUT2D eigenvalue weighted by Crippen LogP contribution is -2.27. The fraction of sp³-hybridized carbons (Fsp3) is 0.833. The third-order valence-electron chi connectivity index (χ3n) is 3.87. The van der Waals surface area contributed by atoms with E-state index >= 15 is 0 Å². The first-order valence-electron chi connectivity index (χ1n) is 6.64. The van der Waals surface area contributed by atoms with E-state index < -0.39 is 0 Å². The largest absolute Gasteiger partial charge is 0.396 e. The van der Waals surface area contributed by atoms with E-state index in [1.807, 2.05) is 4.68 Å². The monoisotopic (exact) mass is 236 g/mol. The van der Waals surface area contributed by atoms with Crippen molar-refractivity contribution in [2.45, 2.75) is 44.7 Å². The maximum atomic E-state index is 9.20. The highest BCUT2D eigenvalue weighted by atomic mass is 16.3. The summed E-state index contributed by atoms with van der Waals surface area (Å²) in [7, 11) is 0. The molecule has 0 aromatic carbocycles. The second-order valence-electron chi connectivity index (χ2n) is 5.15. The van der Waals surface area contributed by atoms with Gasteiger partial charge in [0.25, 0.3) is 0 Å². The Kier molecular flexibility index (Phi) is 3.11. The Bertz CT molecular complexity index is 384. The Morgan fingerprint density at radius 3 is 3.06 bits per heavy atom. The van der Waals surface area contributed by atoms with Crippen molar-refractivity contribution in [1.82, 2.24) is 20.1 Å². The minimum absolute atomic E-state index is 0.268. The zero-order valence-electron chi connectivity index (χ0n) is 10.1. The van der Waals surface area contributed by atoms with E-state index in [-0.39, 0.29) is 6.61 Å². The first-order valence-corrected chi connectivity index (χ1v) is 6.64. The van der Waals surface area contributed by atoms with Crippen LogP contribution in [0.3, 0.4) is 0 Å². The zero-order chi connectivity index (χ0) is 11.7. The van der Waals surface area contributed by atoms with Gasteiger partial charge in [-0.2, -0.15) is 5.10 Å². The summed E-state index contributed by atoms with van der Waals surface area (Å²) in [5, 5.41) is 17.3. The number of aliphatic hydroxyl groups excluding tert-OH is 1. The second kappa shape index (κ2) is 4.74. The third-order valence-corrected chi connectivity index (χ3v) is 3.87. The number of hydrogen-bond acceptors (Lipinski definition) is 4. The van der Waals surface area contributed by atoms with Gasteiger partial charge in [0.1, 0.15) is 5.82 Å². The summed E-state index contributed by atoms with van der Waals surface area (Å²) in [5.41, 5.74) is 0. The molecular formula is C12H20N4O. The van der Waals surface area contributed by atoms with Gasteiger partial charge in [-0.15, -0.1) is 0 Å². The summed E-state index contributed by atoms with van der Waals surface area (Å²) in [6.45, 7) is 2.25. The first-order chi connectivity index (χ1) is 8.36. The fourth-order valence-corrected chi connectivity index (χ4v) is 2.76. The van der Waals surface area contributed by atoms with E-state index in [2.05, 4.69) is 15.4 Å². The lowest BCUT2D eigenvalue weighted by molar-refractivity contribution is 0.196. The number of rotatable bonds is 2. The standard InChI is InChI=1S/C12H20N4O/c17-8-9-4-6-16-11(7-9)14-12(15-16)10-3-1-2-5-13-10/h9-10,13,17H,1-8H2. The SMILES string of the molecule is OCC1CCn2nc(C3CCCCN3)nc2C1. The Hall–Kier alpha value is -0.940. The Morgan fingerprint density at radius 1 is 1.35 bits per heavy atom. The minimum atomic E-state index is 0.268. The fourth-order valence-electron chi connectivity index (χ4n) is 2.76. The lowest BCUT2D eigenvalue weighted by Gasteiger charge is -2.20. The average Bonchev–Trinajstić information content (AvgIpc) is 2.82. The highest BCUT2D eigenvalue weighted by molar-refractivity contribution is 5.02. The maximum absolute atomic E-state index is 9.20. The average molecular weight is 236 g/mol. The van der Waals surface area contributed by atoms with Crippen molar-refractivity contribution < 1.29 is 5.11 Å². The van der Waals surface area contributed by atoms with Gasteiger partial charge in [-0.05, 0) is 31.7 Å². The molecule has 94 valence electrons. The number of aliphatic hydroxyl groups is 1. The van der Waals surface area contributed by atoms with Gasteiger partial charge in [0.15, 0.2) is 5.82 Å². The second-order valence-corrected chi connectivity index (χ2v) is 5.15. The molecule has 2 aliphatic rings. The van der Waals surface area contributed by atoms with Crippen molar-refractivity contribution in [3.63, 3.8) is 0 Å². The molecule has 0 amide bonds. The van der Waals surface area contributed by atoms with Crippen LogP contribution in [0.2, 0.25) is 0 Å². The van der Waals surface area contributed by atoms with Crippen LogP contribution >= 0.6 is 0 Å². The van der Waals surface area contributed by atoms with E-state index in [1.165, 1.54) is 12.8 Å². The van der Waals surface area contributed by atoms with Crippen LogP contribution in [0.1, 0.15) is 43.4 Å². The molecular weight excluding hydrogens is 216 g/mol. The molecule has 3 heterocycles. The summed E-state index contributed by atoms with van der Waals surface area (Å²) in [6, 6.07) is 0.342. The molecule has 0 bridgehead atoms. The number of piperidine rings is 1. The van der Waals surface area contributed by atoms with Crippen LogP contribution in [-0.2, 0) is 13.0 Å². The molecule has 0 radical (unpaired) electrons. The molecule has 17 heavy (non-hydrogen) atoms. The van der Waals surface area contributed by atoms with E-state index in [4.69, 9.17) is 0 Å². The summed E-state index contributed by atoms with van der Waals surface area (Å²) in [4.78, 5) is 4.65. The van der Waals surface area contributed by atoms with Crippen LogP contribution in [0.25, 0.3) is 0 Å². The van der Waals surface area contributed by atoms with E-state index in [9.17, 15) is 5.11 Å². The highest BCUT2D eigenvalue weighted by Crippen LogP contribution is 2.23. The van der Waals surface area contributed by atoms with Gasteiger partial charge in [-0.25, -0.2) is 9.67 Å². The van der Waals surface area contributed by atoms with E-state index in [0.29, 0.717) is 12.0 Å². The van der Waals surface area contributed by atoms with E-state index in [1.54, 1.807) is 0 Å². The predicted octanol–water partition coefficient (Wildman–Crippen LogP) is 0.647. The molecule has 2 aliphatic heterocycles. The molecule has 3 rings (SSSR count). The van der Waals surface area contributed by atoms with Crippen molar-refractivity contribution in [2.24, 2.45) is 5.92 Å². The summed E-state index contributed by atoms with van der Waals surface area (Å²) < 4.78 is 2.03. The summed E-state index contributed by atoms with van der Waals surface area (Å²) in [5.74, 6) is 2.38.